The highest BCUT2D eigenvalue weighted by Gasteiger charge is 2.11. The highest BCUT2D eigenvalue weighted by Crippen LogP contribution is 2.25. The lowest BCUT2D eigenvalue weighted by Crippen LogP contribution is -2.29. The van der Waals surface area contributed by atoms with Crippen molar-refractivity contribution in [3.05, 3.63) is 28.2 Å². The van der Waals surface area contributed by atoms with Crippen LogP contribution in [0.15, 0.2) is 22.7 Å². The summed E-state index contributed by atoms with van der Waals surface area (Å²) >= 11 is 3.61. The van der Waals surface area contributed by atoms with Crippen molar-refractivity contribution in [1.29, 1.82) is 0 Å². The molecule has 2 nitrogen and oxygen atoms in total. The normalized spacial score (nSPS) is 11.1. The first-order chi connectivity index (χ1) is 10.1. The number of rotatable bonds is 10. The number of hydrogen-bond donors (Lipinski definition) is 1. The van der Waals surface area contributed by atoms with Gasteiger partial charge in [-0.3, -0.25) is 0 Å². The van der Waals surface area contributed by atoms with Gasteiger partial charge in [0.15, 0.2) is 0 Å². The summed E-state index contributed by atoms with van der Waals surface area (Å²) in [5, 5.41) is 3.55. The minimum absolute atomic E-state index is 0.511. The van der Waals surface area contributed by atoms with E-state index in [9.17, 15) is 0 Å². The van der Waals surface area contributed by atoms with E-state index in [0.717, 1.165) is 24.1 Å². The van der Waals surface area contributed by atoms with E-state index in [4.69, 9.17) is 0 Å². The lowest BCUT2D eigenvalue weighted by atomic mass is 10.1. The Morgan fingerprint density at radius 2 is 1.71 bits per heavy atom. The van der Waals surface area contributed by atoms with Crippen molar-refractivity contribution >= 4 is 21.6 Å². The van der Waals surface area contributed by atoms with Gasteiger partial charge in [-0.2, -0.15) is 0 Å². The zero-order valence-electron chi connectivity index (χ0n) is 14.1. The second-order valence-electron chi connectivity index (χ2n) is 6.00. The average molecular weight is 355 g/mol. The predicted molar refractivity (Wildman–Crippen MR) is 98.1 cm³/mol. The fraction of sp³-hybridized carbons (Fsp3) is 0.667. The van der Waals surface area contributed by atoms with Gasteiger partial charge in [-0.05, 0) is 36.6 Å². The molecule has 0 aliphatic carbocycles. The second-order valence-corrected chi connectivity index (χ2v) is 6.92. The van der Waals surface area contributed by atoms with E-state index in [1.165, 1.54) is 36.9 Å². The third kappa shape index (κ3) is 6.84. The third-order valence-corrected chi connectivity index (χ3v) is 4.14. The average Bonchev–Trinajstić information content (AvgIpc) is 2.46. The number of halogens is 1. The molecule has 0 radical (unpaired) electrons. The summed E-state index contributed by atoms with van der Waals surface area (Å²) < 4.78 is 1.16. The number of benzene rings is 1. The Morgan fingerprint density at radius 3 is 2.24 bits per heavy atom. The van der Waals surface area contributed by atoms with Crippen molar-refractivity contribution in [2.45, 2.75) is 66.0 Å². The maximum atomic E-state index is 3.61. The molecule has 1 aromatic carbocycles. The Hall–Kier alpha value is -0.540. The van der Waals surface area contributed by atoms with Gasteiger partial charge in [0.2, 0.25) is 0 Å². The van der Waals surface area contributed by atoms with Crippen LogP contribution in [0.5, 0.6) is 0 Å². The third-order valence-electron chi connectivity index (χ3n) is 3.65. The molecular formula is C18H31BrN2. The van der Waals surface area contributed by atoms with E-state index in [2.05, 4.69) is 72.0 Å². The monoisotopic (exact) mass is 354 g/mol. The molecule has 0 fully saturated rings. The van der Waals surface area contributed by atoms with E-state index < -0.39 is 0 Å². The second kappa shape index (κ2) is 10.2. The van der Waals surface area contributed by atoms with Crippen LogP contribution < -0.4 is 10.2 Å². The van der Waals surface area contributed by atoms with Crippen LogP contribution >= 0.6 is 15.9 Å². The number of anilines is 1. The molecule has 0 unspecified atom stereocenters. The molecule has 0 bridgehead atoms. The maximum Gasteiger partial charge on any atom is 0.0412 e. The molecule has 120 valence electrons. The highest BCUT2D eigenvalue weighted by molar-refractivity contribution is 9.10. The zero-order chi connectivity index (χ0) is 15.7. The lowest BCUT2D eigenvalue weighted by molar-refractivity contribution is 0.586. The minimum atomic E-state index is 0.511. The Morgan fingerprint density at radius 1 is 1.10 bits per heavy atom. The zero-order valence-corrected chi connectivity index (χ0v) is 15.7. The fourth-order valence-corrected chi connectivity index (χ4v) is 2.78. The smallest absolute Gasteiger partial charge is 0.0412 e. The molecule has 1 N–H and O–H groups in total. The molecule has 1 rings (SSSR count). The van der Waals surface area contributed by atoms with E-state index in [-0.39, 0.29) is 0 Å². The van der Waals surface area contributed by atoms with Crippen molar-refractivity contribution in [3.63, 3.8) is 0 Å². The molecule has 0 saturated carbocycles. The van der Waals surface area contributed by atoms with Crippen LogP contribution in [0.3, 0.4) is 0 Å². The first kappa shape index (κ1) is 18.5. The lowest BCUT2D eigenvalue weighted by Gasteiger charge is -2.28. The summed E-state index contributed by atoms with van der Waals surface area (Å²) in [5.74, 6) is 0. The van der Waals surface area contributed by atoms with Gasteiger partial charge in [-0.1, -0.05) is 56.5 Å². The summed E-state index contributed by atoms with van der Waals surface area (Å²) in [6.45, 7) is 12.2. The van der Waals surface area contributed by atoms with Crippen LogP contribution in [-0.2, 0) is 6.54 Å². The largest absolute Gasteiger partial charge is 0.371 e. The van der Waals surface area contributed by atoms with Gasteiger partial charge < -0.3 is 10.2 Å². The van der Waals surface area contributed by atoms with E-state index in [1.807, 2.05) is 0 Å². The Kier molecular flexibility index (Phi) is 9.02. The topological polar surface area (TPSA) is 15.3 Å². The van der Waals surface area contributed by atoms with Crippen LogP contribution in [0.25, 0.3) is 0 Å². The molecule has 0 aliphatic rings. The molecule has 0 heterocycles. The number of unbranched alkanes of at least 4 members (excludes halogenated alkanes) is 2. The molecule has 0 aromatic heterocycles. The van der Waals surface area contributed by atoms with Crippen LogP contribution in [0.1, 0.15) is 58.9 Å². The van der Waals surface area contributed by atoms with Gasteiger partial charge in [-0.25, -0.2) is 0 Å². The Labute approximate surface area is 139 Å². The quantitative estimate of drug-likeness (QED) is 0.608. The molecular weight excluding hydrogens is 324 g/mol. The molecule has 0 atom stereocenters. The van der Waals surface area contributed by atoms with Crippen molar-refractivity contribution < 1.29 is 0 Å². The maximum absolute atomic E-state index is 3.61. The molecule has 21 heavy (non-hydrogen) atoms. The van der Waals surface area contributed by atoms with Crippen molar-refractivity contribution in [2.24, 2.45) is 0 Å². The van der Waals surface area contributed by atoms with Gasteiger partial charge in [0, 0.05) is 35.8 Å². The highest BCUT2D eigenvalue weighted by atomic mass is 79.9. The number of nitrogens with zero attached hydrogens (tertiary/aromatic N) is 1. The van der Waals surface area contributed by atoms with Crippen molar-refractivity contribution in [3.8, 4) is 0 Å². The summed E-state index contributed by atoms with van der Waals surface area (Å²) in [4.78, 5) is 2.57. The van der Waals surface area contributed by atoms with E-state index >= 15 is 0 Å². The molecule has 0 saturated heterocycles. The molecule has 3 heteroatoms. The van der Waals surface area contributed by atoms with Gasteiger partial charge in [0.05, 0.1) is 0 Å². The van der Waals surface area contributed by atoms with Crippen molar-refractivity contribution in [1.82, 2.24) is 5.32 Å². The summed E-state index contributed by atoms with van der Waals surface area (Å²) in [6, 6.07) is 7.21. The molecule has 0 spiro atoms. The Bertz CT molecular complexity index is 396. The van der Waals surface area contributed by atoms with Crippen LogP contribution in [-0.4, -0.2) is 19.1 Å². The van der Waals surface area contributed by atoms with Crippen LogP contribution in [0.4, 0.5) is 5.69 Å². The summed E-state index contributed by atoms with van der Waals surface area (Å²) in [7, 11) is 0. The number of hydrogen-bond acceptors (Lipinski definition) is 2. The van der Waals surface area contributed by atoms with E-state index in [0.29, 0.717) is 6.04 Å². The summed E-state index contributed by atoms with van der Waals surface area (Å²) in [6.07, 6.45) is 5.02. The number of nitrogens with one attached hydrogen (secondary N) is 1. The molecule has 0 amide bonds. The van der Waals surface area contributed by atoms with E-state index in [1.54, 1.807) is 0 Å². The SMILES string of the molecule is CCCCN(CCCC)c1ccc(Br)cc1CNC(C)C. The molecule has 0 aliphatic heterocycles. The van der Waals surface area contributed by atoms with Crippen molar-refractivity contribution in [2.75, 3.05) is 18.0 Å². The standard InChI is InChI=1S/C18H31BrN2/c1-5-7-11-21(12-8-6-2)18-10-9-17(19)13-16(18)14-20-15(3)4/h9-10,13,15,20H,5-8,11-12,14H2,1-4H3. The van der Waals surface area contributed by atoms with Gasteiger partial charge >= 0.3 is 0 Å². The molecule has 1 aromatic rings. The first-order valence-corrected chi connectivity index (χ1v) is 9.14. The first-order valence-electron chi connectivity index (χ1n) is 8.35. The van der Waals surface area contributed by atoms with Gasteiger partial charge in [0.1, 0.15) is 0 Å². The van der Waals surface area contributed by atoms with Gasteiger partial charge in [0.25, 0.3) is 0 Å². The fourth-order valence-electron chi connectivity index (χ4n) is 2.37. The van der Waals surface area contributed by atoms with Crippen LogP contribution in [0.2, 0.25) is 0 Å². The summed E-state index contributed by atoms with van der Waals surface area (Å²) in [5.41, 5.74) is 2.79. The Balaban J connectivity index is 2.92. The minimum Gasteiger partial charge on any atom is -0.371 e. The predicted octanol–water partition coefficient (Wildman–Crippen LogP) is 5.35. The van der Waals surface area contributed by atoms with Gasteiger partial charge in [-0.15, -0.1) is 0 Å². The van der Waals surface area contributed by atoms with Crippen LogP contribution in [0, 0.1) is 0 Å².